The van der Waals surface area contributed by atoms with Crippen LogP contribution in [-0.2, 0) is 17.9 Å². The molecule has 0 aromatic heterocycles. The molecule has 1 aliphatic rings. The molecule has 2 aromatic carbocycles. The van der Waals surface area contributed by atoms with Crippen LogP contribution in [0.15, 0.2) is 54.7 Å². The van der Waals surface area contributed by atoms with Gasteiger partial charge in [-0.05, 0) is 35.4 Å². The molecule has 0 saturated carbocycles. The highest BCUT2D eigenvalue weighted by Gasteiger charge is 2.31. The maximum Gasteiger partial charge on any atom is 0.232 e. The van der Waals surface area contributed by atoms with Crippen LogP contribution in [0.4, 0.5) is 5.69 Å². The van der Waals surface area contributed by atoms with Crippen molar-refractivity contribution < 1.29 is 15.0 Å². The number of benzene rings is 2. The van der Waals surface area contributed by atoms with Crippen LogP contribution in [0.3, 0.4) is 0 Å². The summed E-state index contributed by atoms with van der Waals surface area (Å²) >= 11 is 5.91. The SMILES string of the molecule is C[N+]1([O-])C=CC(C(=O)NCc2ccc(Cl)cc2)c2cc(CN(CCO)CCO)ccc21. The Morgan fingerprint density at radius 1 is 1.13 bits per heavy atom. The molecule has 2 unspecified atom stereocenters. The molecule has 3 rings (SSSR count). The van der Waals surface area contributed by atoms with Crippen LogP contribution in [0.25, 0.3) is 0 Å². The minimum Gasteiger partial charge on any atom is -0.622 e. The summed E-state index contributed by atoms with van der Waals surface area (Å²) in [4.78, 5) is 14.9. The molecular weight excluding hydrogens is 418 g/mol. The number of carbonyl (C=O) groups excluding carboxylic acids is 1. The predicted molar refractivity (Wildman–Crippen MR) is 122 cm³/mol. The van der Waals surface area contributed by atoms with Gasteiger partial charge in [-0.1, -0.05) is 29.8 Å². The molecule has 2 atom stereocenters. The average molecular weight is 446 g/mol. The van der Waals surface area contributed by atoms with E-state index in [4.69, 9.17) is 11.6 Å². The summed E-state index contributed by atoms with van der Waals surface area (Å²) in [6, 6.07) is 12.8. The van der Waals surface area contributed by atoms with Crippen LogP contribution in [-0.4, -0.2) is 54.4 Å². The number of hydrogen-bond donors (Lipinski definition) is 3. The number of aliphatic hydroxyl groups excluding tert-OH is 2. The van der Waals surface area contributed by atoms with E-state index in [0.29, 0.717) is 42.5 Å². The van der Waals surface area contributed by atoms with Crippen LogP contribution in [0.5, 0.6) is 0 Å². The molecule has 1 aliphatic heterocycles. The van der Waals surface area contributed by atoms with Crippen molar-refractivity contribution in [2.45, 2.75) is 19.0 Å². The Hall–Kier alpha value is -2.26. The smallest absolute Gasteiger partial charge is 0.232 e. The van der Waals surface area contributed by atoms with Gasteiger partial charge >= 0.3 is 0 Å². The lowest BCUT2D eigenvalue weighted by Crippen LogP contribution is -2.38. The maximum absolute atomic E-state index is 13.0. The van der Waals surface area contributed by atoms with Gasteiger partial charge in [-0.25, -0.2) is 0 Å². The van der Waals surface area contributed by atoms with Gasteiger partial charge in [-0.15, -0.1) is 0 Å². The summed E-state index contributed by atoms with van der Waals surface area (Å²) in [6.07, 6.45) is 3.13. The van der Waals surface area contributed by atoms with Crippen molar-refractivity contribution in [2.75, 3.05) is 33.4 Å². The van der Waals surface area contributed by atoms with E-state index in [1.807, 2.05) is 29.2 Å². The van der Waals surface area contributed by atoms with Crippen LogP contribution < -0.4 is 9.96 Å². The molecule has 1 heterocycles. The number of aliphatic hydroxyl groups is 2. The van der Waals surface area contributed by atoms with E-state index in [1.54, 1.807) is 24.3 Å². The Morgan fingerprint density at radius 2 is 1.77 bits per heavy atom. The first-order chi connectivity index (χ1) is 14.8. The van der Waals surface area contributed by atoms with E-state index in [-0.39, 0.29) is 19.1 Å². The topological polar surface area (TPSA) is 95.9 Å². The lowest BCUT2D eigenvalue weighted by Gasteiger charge is -2.39. The summed E-state index contributed by atoms with van der Waals surface area (Å²) < 4.78 is -0.687. The van der Waals surface area contributed by atoms with Crippen molar-refractivity contribution >= 4 is 23.2 Å². The highest BCUT2D eigenvalue weighted by Crippen LogP contribution is 2.37. The number of nitrogens with zero attached hydrogens (tertiary/aromatic N) is 2. The normalized spacial score (nSPS) is 20.0. The molecule has 7 nitrogen and oxygen atoms in total. The van der Waals surface area contributed by atoms with Crippen molar-refractivity contribution in [3.8, 4) is 0 Å². The number of halogens is 1. The fourth-order valence-corrected chi connectivity index (χ4v) is 3.86. The molecule has 0 spiro atoms. The Balaban J connectivity index is 1.81. The lowest BCUT2D eigenvalue weighted by molar-refractivity contribution is -0.121. The fourth-order valence-electron chi connectivity index (χ4n) is 3.73. The average Bonchev–Trinajstić information content (AvgIpc) is 2.73. The summed E-state index contributed by atoms with van der Waals surface area (Å²) in [6.45, 7) is 1.69. The zero-order valence-corrected chi connectivity index (χ0v) is 18.3. The third-order valence-corrected chi connectivity index (χ3v) is 5.62. The van der Waals surface area contributed by atoms with Crippen molar-refractivity contribution in [2.24, 2.45) is 0 Å². The van der Waals surface area contributed by atoms with Gasteiger partial charge in [-0.3, -0.25) is 9.69 Å². The zero-order chi connectivity index (χ0) is 22.4. The van der Waals surface area contributed by atoms with Gasteiger partial charge in [0.1, 0.15) is 5.69 Å². The number of hydroxylamine groups is 2. The molecule has 31 heavy (non-hydrogen) atoms. The minimum atomic E-state index is -0.687. The van der Waals surface area contributed by atoms with Gasteiger partial charge in [0, 0.05) is 42.8 Å². The van der Waals surface area contributed by atoms with Crippen LogP contribution in [0.1, 0.15) is 22.6 Å². The molecule has 0 fully saturated rings. The molecule has 1 amide bonds. The molecule has 0 aliphatic carbocycles. The number of carbonyl (C=O) groups is 1. The first-order valence-electron chi connectivity index (χ1n) is 10.2. The molecule has 0 saturated heterocycles. The van der Waals surface area contributed by atoms with Gasteiger partial charge in [-0.2, -0.15) is 0 Å². The molecule has 3 N–H and O–H groups in total. The van der Waals surface area contributed by atoms with Crippen LogP contribution in [0.2, 0.25) is 5.02 Å². The second-order valence-corrected chi connectivity index (χ2v) is 8.21. The van der Waals surface area contributed by atoms with Crippen LogP contribution >= 0.6 is 11.6 Å². The van der Waals surface area contributed by atoms with Crippen molar-refractivity contribution in [1.82, 2.24) is 14.9 Å². The van der Waals surface area contributed by atoms with E-state index in [9.17, 15) is 20.2 Å². The highest BCUT2D eigenvalue weighted by molar-refractivity contribution is 6.30. The molecule has 0 bridgehead atoms. The number of hydrogen-bond acceptors (Lipinski definition) is 5. The zero-order valence-electron chi connectivity index (χ0n) is 17.5. The quantitative estimate of drug-likeness (QED) is 0.407. The Labute approximate surface area is 187 Å². The van der Waals surface area contributed by atoms with E-state index in [2.05, 4.69) is 5.32 Å². The van der Waals surface area contributed by atoms with E-state index < -0.39 is 10.6 Å². The number of nitrogens with one attached hydrogen (secondary N) is 1. The maximum atomic E-state index is 13.0. The number of amides is 1. The van der Waals surface area contributed by atoms with Gasteiger partial charge < -0.3 is 25.4 Å². The Kier molecular flexibility index (Phi) is 7.83. The van der Waals surface area contributed by atoms with Gasteiger partial charge in [0.25, 0.3) is 0 Å². The lowest BCUT2D eigenvalue weighted by atomic mass is 9.91. The summed E-state index contributed by atoms with van der Waals surface area (Å²) in [5, 5.41) is 35.0. The third kappa shape index (κ3) is 5.92. The molecular formula is C23H28ClN3O4. The van der Waals surface area contributed by atoms with Crippen molar-refractivity contribution in [1.29, 1.82) is 0 Å². The Bertz CT molecular complexity index is 925. The van der Waals surface area contributed by atoms with Gasteiger partial charge in [0.2, 0.25) is 5.91 Å². The molecule has 166 valence electrons. The van der Waals surface area contributed by atoms with E-state index >= 15 is 0 Å². The second-order valence-electron chi connectivity index (χ2n) is 7.77. The third-order valence-electron chi connectivity index (χ3n) is 5.37. The van der Waals surface area contributed by atoms with Crippen LogP contribution in [0, 0.1) is 5.21 Å². The first kappa shape index (κ1) is 23.4. The van der Waals surface area contributed by atoms with Crippen molar-refractivity contribution in [3.63, 3.8) is 0 Å². The standard InChI is InChI=1S/C23H28ClN3O4/c1-27(31)11-8-20(23(30)25-15-17-2-5-19(24)6-3-17)21-14-18(4-7-22(21)27)16-26(9-12-28)10-13-29/h2-8,11,14,20,28-29H,9-10,12-13,15-16H2,1H3,(H,25,30). The predicted octanol–water partition coefficient (Wildman–Crippen LogP) is 2.49. The number of fused-ring (bicyclic) bond motifs is 1. The first-order valence-corrected chi connectivity index (χ1v) is 10.6. The largest absolute Gasteiger partial charge is 0.622 e. The van der Waals surface area contributed by atoms with E-state index in [0.717, 1.165) is 11.1 Å². The van der Waals surface area contributed by atoms with Crippen molar-refractivity contribution in [3.05, 3.63) is 81.7 Å². The Morgan fingerprint density at radius 3 is 2.42 bits per heavy atom. The molecule has 8 heteroatoms. The summed E-state index contributed by atoms with van der Waals surface area (Å²) in [5.41, 5.74) is 3.03. The summed E-state index contributed by atoms with van der Waals surface area (Å²) in [5.74, 6) is -0.765. The summed E-state index contributed by atoms with van der Waals surface area (Å²) in [7, 11) is 1.53. The van der Waals surface area contributed by atoms with Gasteiger partial charge in [0.05, 0.1) is 32.4 Å². The van der Waals surface area contributed by atoms with E-state index in [1.165, 1.54) is 13.2 Å². The molecule has 2 aromatic rings. The molecule has 0 radical (unpaired) electrons. The monoisotopic (exact) mass is 445 g/mol. The number of quaternary nitrogens is 1. The number of rotatable bonds is 9. The van der Waals surface area contributed by atoms with Gasteiger partial charge in [0.15, 0.2) is 0 Å². The highest BCUT2D eigenvalue weighted by atomic mass is 35.5. The minimum absolute atomic E-state index is 0.0150. The second kappa shape index (κ2) is 10.4. The fraction of sp³-hybridized carbons (Fsp3) is 0.348.